The van der Waals surface area contributed by atoms with Crippen molar-refractivity contribution in [3.05, 3.63) is 185 Å². The molecule has 0 amide bonds. The third kappa shape index (κ3) is 5.67. The molecule has 0 spiro atoms. The highest BCUT2D eigenvalue weighted by Gasteiger charge is 2.42. The molecule has 0 N–H and O–H groups in total. The first-order valence-electron chi connectivity index (χ1n) is 23.3. The summed E-state index contributed by atoms with van der Waals surface area (Å²) in [4.78, 5) is 2.51. The van der Waals surface area contributed by atoms with E-state index in [0.29, 0.717) is 0 Å². The number of benzene rings is 8. The van der Waals surface area contributed by atoms with Gasteiger partial charge in [-0.15, -0.1) is 0 Å². The van der Waals surface area contributed by atoms with Crippen LogP contribution >= 0.6 is 0 Å². The molecular weight excluding hydrogens is 791 g/mol. The molecule has 2 heterocycles. The van der Waals surface area contributed by atoms with Gasteiger partial charge in [0.25, 0.3) is 0 Å². The maximum atomic E-state index is 6.97. The van der Waals surface area contributed by atoms with Crippen LogP contribution in [0.2, 0.25) is 0 Å². The number of hydrogen-bond acceptors (Lipinski definition) is 3. The van der Waals surface area contributed by atoms with Gasteiger partial charge < -0.3 is 13.7 Å². The van der Waals surface area contributed by atoms with Crippen LogP contribution in [0.3, 0.4) is 0 Å². The number of para-hydroxylation sites is 2. The van der Waals surface area contributed by atoms with E-state index >= 15 is 0 Å². The lowest BCUT2D eigenvalue weighted by Crippen LogP contribution is -2.21. The van der Waals surface area contributed by atoms with Crippen molar-refractivity contribution in [1.29, 1.82) is 0 Å². The molecule has 2 aliphatic rings. The Morgan fingerprint density at radius 1 is 0.431 bits per heavy atom. The van der Waals surface area contributed by atoms with Crippen LogP contribution in [0.4, 0.5) is 17.1 Å². The molecule has 65 heavy (non-hydrogen) atoms. The summed E-state index contributed by atoms with van der Waals surface area (Å²) in [6.45, 7) is 23.5. The van der Waals surface area contributed by atoms with Crippen LogP contribution in [0.15, 0.2) is 160 Å². The van der Waals surface area contributed by atoms with Crippen LogP contribution in [-0.2, 0) is 21.7 Å². The Labute approximate surface area is 382 Å². The van der Waals surface area contributed by atoms with Gasteiger partial charge >= 0.3 is 0 Å². The van der Waals surface area contributed by atoms with Crippen molar-refractivity contribution in [2.24, 2.45) is 0 Å². The lowest BCUT2D eigenvalue weighted by Gasteiger charge is -2.33. The number of fused-ring (bicyclic) bond motifs is 13. The van der Waals surface area contributed by atoms with Gasteiger partial charge in [0.05, 0.1) is 5.69 Å². The van der Waals surface area contributed by atoms with Gasteiger partial charge in [-0.2, -0.15) is 0 Å². The molecule has 3 heteroatoms. The van der Waals surface area contributed by atoms with Gasteiger partial charge in [0, 0.05) is 54.9 Å². The predicted octanol–water partition coefficient (Wildman–Crippen LogP) is 17.8. The lowest BCUT2D eigenvalue weighted by molar-refractivity contribution is 0.559. The van der Waals surface area contributed by atoms with Gasteiger partial charge in [-0.1, -0.05) is 172 Å². The number of hydrogen-bond donors (Lipinski definition) is 0. The van der Waals surface area contributed by atoms with E-state index in [1.807, 2.05) is 6.07 Å². The molecule has 0 aliphatic heterocycles. The second-order valence-corrected chi connectivity index (χ2v) is 21.8. The summed E-state index contributed by atoms with van der Waals surface area (Å²) in [7, 11) is 0. The van der Waals surface area contributed by atoms with Crippen molar-refractivity contribution in [3.8, 4) is 33.4 Å². The van der Waals surface area contributed by atoms with Gasteiger partial charge in [0.15, 0.2) is 0 Å². The van der Waals surface area contributed by atoms with Crippen molar-refractivity contribution >= 4 is 60.9 Å². The molecule has 2 aromatic heterocycles. The molecule has 8 aromatic carbocycles. The van der Waals surface area contributed by atoms with Crippen LogP contribution < -0.4 is 4.90 Å². The fourth-order valence-corrected chi connectivity index (χ4v) is 11.6. The summed E-state index contributed by atoms with van der Waals surface area (Å²) in [5.74, 6) is 0. The molecule has 0 bridgehead atoms. The minimum absolute atomic E-state index is 0.0260. The fourth-order valence-electron chi connectivity index (χ4n) is 11.6. The van der Waals surface area contributed by atoms with Crippen molar-refractivity contribution in [3.63, 3.8) is 0 Å². The maximum Gasteiger partial charge on any atom is 0.143 e. The van der Waals surface area contributed by atoms with Crippen molar-refractivity contribution in [1.82, 2.24) is 0 Å². The average Bonchev–Trinajstić information content (AvgIpc) is 3.98. The zero-order valence-corrected chi connectivity index (χ0v) is 39.2. The molecular formula is C62H55NO2. The molecule has 0 atom stereocenters. The third-order valence-corrected chi connectivity index (χ3v) is 14.9. The summed E-state index contributed by atoms with van der Waals surface area (Å²) in [5, 5.41) is 4.72. The number of rotatable bonds is 4. The van der Waals surface area contributed by atoms with Gasteiger partial charge in [0.1, 0.15) is 22.3 Å². The van der Waals surface area contributed by atoms with Crippen LogP contribution in [0.5, 0.6) is 0 Å². The van der Waals surface area contributed by atoms with E-state index in [1.54, 1.807) is 0 Å². The van der Waals surface area contributed by atoms with Gasteiger partial charge in [-0.3, -0.25) is 0 Å². The minimum atomic E-state index is -0.376. The van der Waals surface area contributed by atoms with E-state index in [4.69, 9.17) is 8.83 Å². The quantitative estimate of drug-likeness (QED) is 0.177. The Kier molecular flexibility index (Phi) is 8.17. The SMILES string of the molecule is CC(C)(C)c1cc(C(C)(C)C)c2oc3ccc4c(c3c2c1)C(C)(C)c1c-4cccc1N(c1ccc(-c2cccc3c2oc2ccccc23)cc1)c1ccc2c(c1)C(C)(C)c1ccccc1-2. The Morgan fingerprint density at radius 3 is 1.85 bits per heavy atom. The first-order valence-corrected chi connectivity index (χ1v) is 23.3. The normalized spacial score (nSPS) is 14.9. The molecule has 3 nitrogen and oxygen atoms in total. The van der Waals surface area contributed by atoms with Crippen LogP contribution in [-0.4, -0.2) is 0 Å². The molecule has 320 valence electrons. The Balaban J connectivity index is 1.07. The molecule has 12 rings (SSSR count). The second kappa shape index (κ2) is 13.4. The first-order chi connectivity index (χ1) is 31.0. The summed E-state index contributed by atoms with van der Waals surface area (Å²) in [5.41, 5.74) is 21.9. The highest BCUT2D eigenvalue weighted by atomic mass is 16.3. The standard InChI is InChI=1S/C62H55NO2/c1-59(2,3)37-33-47-54-53(65-58(47)50(34-37)60(4,5)6)32-31-45-44-20-16-23-51(55(44)62(9,10)56(45)54)63(39-29-30-42-41-17-11-13-22-48(41)61(7,8)49(42)35-39)38-27-25-36(26-28-38)40-19-15-21-46-43-18-12-14-24-52(43)64-57(40)46/h11-35H,1-10H3. The highest BCUT2D eigenvalue weighted by Crippen LogP contribution is 2.58. The molecule has 2 aliphatic carbocycles. The van der Waals surface area contributed by atoms with Crippen LogP contribution in [0, 0.1) is 0 Å². The summed E-state index contributed by atoms with van der Waals surface area (Å²) >= 11 is 0. The van der Waals surface area contributed by atoms with Crippen molar-refractivity contribution in [2.75, 3.05) is 4.90 Å². The van der Waals surface area contributed by atoms with E-state index in [9.17, 15) is 0 Å². The van der Waals surface area contributed by atoms with E-state index < -0.39 is 0 Å². The van der Waals surface area contributed by atoms with Crippen molar-refractivity contribution in [2.45, 2.75) is 90.9 Å². The molecule has 10 aromatic rings. The number of furan rings is 2. The van der Waals surface area contributed by atoms with Crippen LogP contribution in [0.25, 0.3) is 77.3 Å². The summed E-state index contributed by atoms with van der Waals surface area (Å²) in [6.07, 6.45) is 0. The van der Waals surface area contributed by atoms with E-state index in [-0.39, 0.29) is 21.7 Å². The highest BCUT2D eigenvalue weighted by molar-refractivity contribution is 6.13. The zero-order valence-electron chi connectivity index (χ0n) is 39.2. The Morgan fingerprint density at radius 2 is 1.06 bits per heavy atom. The van der Waals surface area contributed by atoms with Gasteiger partial charge in [0.2, 0.25) is 0 Å². The van der Waals surface area contributed by atoms with Crippen molar-refractivity contribution < 1.29 is 8.83 Å². The maximum absolute atomic E-state index is 6.97. The average molecular weight is 846 g/mol. The molecule has 0 fully saturated rings. The number of nitrogens with zero attached hydrogens (tertiary/aromatic N) is 1. The zero-order chi connectivity index (χ0) is 44.9. The Bertz CT molecular complexity index is 3610. The second-order valence-electron chi connectivity index (χ2n) is 21.8. The minimum Gasteiger partial charge on any atom is -0.456 e. The monoisotopic (exact) mass is 845 g/mol. The topological polar surface area (TPSA) is 29.5 Å². The summed E-state index contributed by atoms with van der Waals surface area (Å²) in [6, 6.07) is 56.2. The Hall–Kier alpha value is -6.84. The summed E-state index contributed by atoms with van der Waals surface area (Å²) < 4.78 is 13.5. The molecule has 0 unspecified atom stereocenters. The largest absolute Gasteiger partial charge is 0.456 e. The lowest BCUT2D eigenvalue weighted by atomic mass is 9.77. The van der Waals surface area contributed by atoms with E-state index in [0.717, 1.165) is 55.6 Å². The molecule has 0 saturated carbocycles. The van der Waals surface area contributed by atoms with Gasteiger partial charge in [-0.05, 0) is 115 Å². The smallest absolute Gasteiger partial charge is 0.143 e. The predicted molar refractivity (Wildman–Crippen MR) is 274 cm³/mol. The molecule has 0 radical (unpaired) electrons. The first kappa shape index (κ1) is 39.7. The van der Waals surface area contributed by atoms with Crippen LogP contribution in [0.1, 0.15) is 103 Å². The van der Waals surface area contributed by atoms with Gasteiger partial charge in [-0.25, -0.2) is 0 Å². The van der Waals surface area contributed by atoms with E-state index in [1.165, 1.54) is 72.1 Å². The molecule has 0 saturated heterocycles. The van der Waals surface area contributed by atoms with E-state index in [2.05, 4.69) is 220 Å². The number of anilines is 3. The third-order valence-electron chi connectivity index (χ3n) is 14.9. The fraction of sp³-hybridized carbons (Fsp3) is 0.226.